The highest BCUT2D eigenvalue weighted by Crippen LogP contribution is 2.25. The molecule has 4 heteroatoms. The van der Waals surface area contributed by atoms with E-state index < -0.39 is 6.10 Å². The Kier molecular flexibility index (Phi) is 7.09. The summed E-state index contributed by atoms with van der Waals surface area (Å²) in [5, 5.41) is 13.5. The summed E-state index contributed by atoms with van der Waals surface area (Å²) in [5.74, 6) is 0.629. The van der Waals surface area contributed by atoms with Crippen LogP contribution in [0.3, 0.4) is 0 Å². The van der Waals surface area contributed by atoms with Crippen molar-refractivity contribution in [2.24, 2.45) is 0 Å². The molecular weight excluding hydrogens is 250 g/mol. The fraction of sp³-hybridized carbons (Fsp3) is 0.571. The average molecular weight is 272 g/mol. The van der Waals surface area contributed by atoms with Crippen molar-refractivity contribution in [2.75, 3.05) is 19.7 Å². The summed E-state index contributed by atoms with van der Waals surface area (Å²) in [7, 11) is 0. The summed E-state index contributed by atoms with van der Waals surface area (Å²) in [4.78, 5) is 0. The number of hydrogen-bond donors (Lipinski definition) is 2. The van der Waals surface area contributed by atoms with Crippen molar-refractivity contribution >= 4 is 11.6 Å². The molecule has 1 unspecified atom stereocenters. The Morgan fingerprint density at radius 2 is 2.22 bits per heavy atom. The van der Waals surface area contributed by atoms with Gasteiger partial charge in [-0.15, -0.1) is 0 Å². The minimum atomic E-state index is -0.515. The fourth-order valence-electron chi connectivity index (χ4n) is 1.54. The van der Waals surface area contributed by atoms with E-state index in [1.165, 1.54) is 0 Å². The second-order valence-corrected chi connectivity index (χ2v) is 4.86. The zero-order chi connectivity index (χ0) is 13.4. The quantitative estimate of drug-likeness (QED) is 0.715. The summed E-state index contributed by atoms with van der Waals surface area (Å²) >= 11 is 6.00. The summed E-state index contributed by atoms with van der Waals surface area (Å²) < 4.78 is 5.51. The zero-order valence-electron chi connectivity index (χ0n) is 11.1. The van der Waals surface area contributed by atoms with Crippen LogP contribution < -0.4 is 10.1 Å². The highest BCUT2D eigenvalue weighted by Gasteiger charge is 2.07. The molecule has 2 N–H and O–H groups in total. The van der Waals surface area contributed by atoms with Gasteiger partial charge in [-0.05, 0) is 37.6 Å². The van der Waals surface area contributed by atoms with Crippen LogP contribution in [0.4, 0.5) is 0 Å². The molecule has 0 aliphatic heterocycles. The van der Waals surface area contributed by atoms with Crippen molar-refractivity contribution in [2.45, 2.75) is 32.8 Å². The second kappa shape index (κ2) is 8.35. The highest BCUT2D eigenvalue weighted by molar-refractivity contribution is 6.32. The molecule has 3 nitrogen and oxygen atoms in total. The van der Waals surface area contributed by atoms with Crippen molar-refractivity contribution in [1.29, 1.82) is 0 Å². The molecule has 0 spiro atoms. The third-order valence-corrected chi connectivity index (χ3v) is 2.92. The summed E-state index contributed by atoms with van der Waals surface area (Å²) in [6.07, 6.45) is 1.76. The predicted octanol–water partition coefficient (Wildman–Crippen LogP) is 2.78. The van der Waals surface area contributed by atoms with Crippen molar-refractivity contribution in [3.63, 3.8) is 0 Å². The lowest BCUT2D eigenvalue weighted by molar-refractivity contribution is 0.106. The number of unbranched alkanes of at least 4 members (excludes halogenated alkanes) is 1. The number of aryl methyl sites for hydroxylation is 1. The number of ether oxygens (including phenoxy) is 1. The molecule has 18 heavy (non-hydrogen) atoms. The molecule has 0 heterocycles. The van der Waals surface area contributed by atoms with Crippen LogP contribution in [0.5, 0.6) is 5.75 Å². The first-order chi connectivity index (χ1) is 8.63. The van der Waals surface area contributed by atoms with Gasteiger partial charge in [0, 0.05) is 6.54 Å². The standard InChI is InChI=1S/C14H22ClNO2/c1-3-4-7-16-9-12(17)10-18-14-8-11(2)5-6-13(14)15/h5-6,8,12,16-17H,3-4,7,9-10H2,1-2H3. The van der Waals surface area contributed by atoms with Crippen molar-refractivity contribution in [3.05, 3.63) is 28.8 Å². The number of halogens is 1. The molecule has 0 saturated carbocycles. The van der Waals surface area contributed by atoms with Gasteiger partial charge in [0.05, 0.1) is 5.02 Å². The monoisotopic (exact) mass is 271 g/mol. The lowest BCUT2D eigenvalue weighted by atomic mass is 10.2. The van der Waals surface area contributed by atoms with Gasteiger partial charge >= 0.3 is 0 Å². The van der Waals surface area contributed by atoms with Gasteiger partial charge < -0.3 is 15.2 Å². The number of aliphatic hydroxyl groups is 1. The van der Waals surface area contributed by atoms with Crippen molar-refractivity contribution in [1.82, 2.24) is 5.32 Å². The van der Waals surface area contributed by atoms with Gasteiger partial charge in [0.15, 0.2) is 0 Å². The van der Waals surface area contributed by atoms with Crippen LogP contribution in [-0.4, -0.2) is 30.9 Å². The molecule has 1 aromatic rings. The molecule has 0 aliphatic carbocycles. The van der Waals surface area contributed by atoms with E-state index in [-0.39, 0.29) is 6.61 Å². The topological polar surface area (TPSA) is 41.5 Å². The van der Waals surface area contributed by atoms with Crippen LogP contribution >= 0.6 is 11.6 Å². The van der Waals surface area contributed by atoms with E-state index in [0.717, 1.165) is 24.9 Å². The lowest BCUT2D eigenvalue weighted by Crippen LogP contribution is -2.32. The molecule has 1 atom stereocenters. The van der Waals surface area contributed by atoms with E-state index >= 15 is 0 Å². The van der Waals surface area contributed by atoms with Crippen LogP contribution in [-0.2, 0) is 0 Å². The lowest BCUT2D eigenvalue weighted by Gasteiger charge is -2.14. The molecule has 0 fully saturated rings. The highest BCUT2D eigenvalue weighted by atomic mass is 35.5. The molecule has 0 saturated heterocycles. The van der Waals surface area contributed by atoms with E-state index in [1.54, 1.807) is 6.07 Å². The maximum absolute atomic E-state index is 9.74. The van der Waals surface area contributed by atoms with Crippen molar-refractivity contribution in [3.8, 4) is 5.75 Å². The predicted molar refractivity (Wildman–Crippen MR) is 75.5 cm³/mol. The van der Waals surface area contributed by atoms with Gasteiger partial charge in [0.1, 0.15) is 18.5 Å². The Bertz CT molecular complexity index is 358. The average Bonchev–Trinajstić information content (AvgIpc) is 2.36. The van der Waals surface area contributed by atoms with Gasteiger partial charge in [0.25, 0.3) is 0 Å². The second-order valence-electron chi connectivity index (χ2n) is 4.46. The number of aliphatic hydroxyl groups excluding tert-OH is 1. The summed E-state index contributed by atoms with van der Waals surface area (Å²) in [5.41, 5.74) is 1.09. The molecule has 0 amide bonds. The van der Waals surface area contributed by atoms with E-state index in [2.05, 4.69) is 12.2 Å². The number of benzene rings is 1. The number of rotatable bonds is 8. The minimum Gasteiger partial charge on any atom is -0.489 e. The third-order valence-electron chi connectivity index (χ3n) is 2.60. The SMILES string of the molecule is CCCCNCC(O)COc1cc(C)ccc1Cl. The van der Waals surface area contributed by atoms with E-state index in [9.17, 15) is 5.11 Å². The molecule has 102 valence electrons. The zero-order valence-corrected chi connectivity index (χ0v) is 11.8. The first-order valence-corrected chi connectivity index (χ1v) is 6.79. The van der Waals surface area contributed by atoms with Gasteiger partial charge in [-0.25, -0.2) is 0 Å². The number of hydrogen-bond acceptors (Lipinski definition) is 3. The molecule has 0 bridgehead atoms. The van der Waals surface area contributed by atoms with Gasteiger partial charge in [0.2, 0.25) is 0 Å². The third kappa shape index (κ3) is 5.71. The smallest absolute Gasteiger partial charge is 0.138 e. The number of nitrogens with one attached hydrogen (secondary N) is 1. The first kappa shape index (κ1) is 15.3. The Labute approximate surface area is 114 Å². The normalized spacial score (nSPS) is 12.4. The molecular formula is C14H22ClNO2. The Morgan fingerprint density at radius 3 is 2.94 bits per heavy atom. The van der Waals surface area contributed by atoms with Gasteiger partial charge in [-0.3, -0.25) is 0 Å². The maximum Gasteiger partial charge on any atom is 0.138 e. The molecule has 1 rings (SSSR count). The van der Waals surface area contributed by atoms with E-state index in [0.29, 0.717) is 17.3 Å². The Morgan fingerprint density at radius 1 is 1.44 bits per heavy atom. The first-order valence-electron chi connectivity index (χ1n) is 6.41. The fourth-order valence-corrected chi connectivity index (χ4v) is 1.71. The van der Waals surface area contributed by atoms with Crippen LogP contribution in [0, 0.1) is 6.92 Å². The van der Waals surface area contributed by atoms with Crippen LogP contribution in [0.2, 0.25) is 5.02 Å². The largest absolute Gasteiger partial charge is 0.489 e. The van der Waals surface area contributed by atoms with E-state index in [1.807, 2.05) is 19.1 Å². The van der Waals surface area contributed by atoms with Gasteiger partial charge in [-0.1, -0.05) is 31.0 Å². The molecule has 0 radical (unpaired) electrons. The van der Waals surface area contributed by atoms with Crippen LogP contribution in [0.15, 0.2) is 18.2 Å². The minimum absolute atomic E-state index is 0.252. The Balaban J connectivity index is 2.29. The Hall–Kier alpha value is -0.770. The summed E-state index contributed by atoms with van der Waals surface area (Å²) in [6.45, 7) is 5.84. The molecule has 1 aromatic carbocycles. The molecule has 0 aliphatic rings. The molecule has 0 aromatic heterocycles. The van der Waals surface area contributed by atoms with E-state index in [4.69, 9.17) is 16.3 Å². The maximum atomic E-state index is 9.74. The van der Waals surface area contributed by atoms with Crippen LogP contribution in [0.1, 0.15) is 25.3 Å². The van der Waals surface area contributed by atoms with Crippen molar-refractivity contribution < 1.29 is 9.84 Å². The summed E-state index contributed by atoms with van der Waals surface area (Å²) in [6, 6.07) is 5.61. The van der Waals surface area contributed by atoms with Crippen LogP contribution in [0.25, 0.3) is 0 Å². The van der Waals surface area contributed by atoms with Gasteiger partial charge in [-0.2, -0.15) is 0 Å².